The van der Waals surface area contributed by atoms with Crippen molar-refractivity contribution in [3.8, 4) is 0 Å². The van der Waals surface area contributed by atoms with E-state index in [-0.39, 0.29) is 17.9 Å². The van der Waals surface area contributed by atoms with Crippen LogP contribution in [0.3, 0.4) is 0 Å². The lowest BCUT2D eigenvalue weighted by molar-refractivity contribution is -0.111. The van der Waals surface area contributed by atoms with E-state index in [1.165, 1.54) is 22.3 Å². The number of ether oxygens (including phenoxy) is 1. The molecule has 6 nitrogen and oxygen atoms in total. The number of furan rings is 1. The quantitative estimate of drug-likeness (QED) is 0.746. The lowest BCUT2D eigenvalue weighted by atomic mass is 10.1. The number of anilines is 1. The predicted octanol–water partition coefficient (Wildman–Crippen LogP) is 3.39. The van der Waals surface area contributed by atoms with Gasteiger partial charge in [0.05, 0.1) is 17.9 Å². The molecule has 1 aliphatic heterocycles. The monoisotopic (exact) mass is 386 g/mol. The first-order chi connectivity index (χ1) is 13.2. The number of rotatable bonds is 6. The van der Waals surface area contributed by atoms with Gasteiger partial charge in [-0.3, -0.25) is 9.59 Å². The highest BCUT2D eigenvalue weighted by atomic mass is 32.1. The number of amides is 2. The molecule has 2 amide bonds. The van der Waals surface area contributed by atoms with Crippen molar-refractivity contribution in [2.75, 3.05) is 18.5 Å². The molecule has 1 saturated heterocycles. The van der Waals surface area contributed by atoms with Crippen LogP contribution < -0.4 is 10.6 Å². The number of fused-ring (bicyclic) bond motifs is 1. The van der Waals surface area contributed by atoms with Crippen molar-refractivity contribution in [2.24, 2.45) is 0 Å². The number of carbonyl (C=O) groups excluding carboxylic acids is 2. The van der Waals surface area contributed by atoms with E-state index in [0.717, 1.165) is 44.3 Å². The summed E-state index contributed by atoms with van der Waals surface area (Å²) in [7, 11) is 0. The molecule has 2 N–H and O–H groups in total. The Labute approximate surface area is 161 Å². The number of thiophene rings is 1. The minimum absolute atomic E-state index is 0.0925. The molecule has 7 heteroatoms. The summed E-state index contributed by atoms with van der Waals surface area (Å²) in [5.74, 6) is 0.197. The largest absolute Gasteiger partial charge is 0.465 e. The second kappa shape index (κ2) is 8.10. The molecule has 0 saturated carbocycles. The molecule has 1 aliphatic carbocycles. The highest BCUT2D eigenvalue weighted by Gasteiger charge is 2.28. The Balaban J connectivity index is 1.47. The summed E-state index contributed by atoms with van der Waals surface area (Å²) in [6.45, 7) is 1.27. The van der Waals surface area contributed by atoms with Crippen molar-refractivity contribution in [3.05, 3.63) is 46.2 Å². The topological polar surface area (TPSA) is 80.6 Å². The SMILES string of the molecule is O=C(/C=C/c1ccco1)Nc1sc2c(c1C(=O)NCC1CCCO1)CCC2. The molecule has 1 unspecified atom stereocenters. The van der Waals surface area contributed by atoms with Crippen LogP contribution in [0.4, 0.5) is 5.00 Å². The molecule has 2 aromatic rings. The standard InChI is InChI=1S/C20H22N2O4S/c23-17(9-8-13-4-2-10-25-13)22-20-18(15-6-1-7-16(15)27-20)19(24)21-12-14-5-3-11-26-14/h2,4,8-10,14H,1,3,5-7,11-12H2,(H,21,24)(H,22,23)/b9-8+. The molecule has 4 rings (SSSR count). The first-order valence-corrected chi connectivity index (χ1v) is 10.1. The Morgan fingerprint density at radius 1 is 1.30 bits per heavy atom. The van der Waals surface area contributed by atoms with Crippen molar-refractivity contribution in [3.63, 3.8) is 0 Å². The number of hydrogen-bond acceptors (Lipinski definition) is 5. The van der Waals surface area contributed by atoms with E-state index in [9.17, 15) is 9.59 Å². The number of nitrogens with one attached hydrogen (secondary N) is 2. The maximum absolute atomic E-state index is 12.8. The van der Waals surface area contributed by atoms with E-state index in [1.54, 1.807) is 24.5 Å². The fraction of sp³-hybridized carbons (Fsp3) is 0.400. The van der Waals surface area contributed by atoms with Crippen molar-refractivity contribution in [1.82, 2.24) is 5.32 Å². The van der Waals surface area contributed by atoms with E-state index < -0.39 is 0 Å². The van der Waals surface area contributed by atoms with Gasteiger partial charge in [0.2, 0.25) is 5.91 Å². The molecule has 0 aromatic carbocycles. The minimum Gasteiger partial charge on any atom is -0.465 e. The van der Waals surface area contributed by atoms with E-state index in [4.69, 9.17) is 9.15 Å². The summed E-state index contributed by atoms with van der Waals surface area (Å²) in [4.78, 5) is 26.3. The van der Waals surface area contributed by atoms with Gasteiger partial charge in [0.15, 0.2) is 0 Å². The maximum atomic E-state index is 12.8. The van der Waals surface area contributed by atoms with Gasteiger partial charge in [-0.2, -0.15) is 0 Å². The first-order valence-electron chi connectivity index (χ1n) is 9.27. The number of aryl methyl sites for hydroxylation is 1. The molecule has 0 bridgehead atoms. The third-order valence-electron chi connectivity index (χ3n) is 4.84. The first kappa shape index (κ1) is 18.0. The van der Waals surface area contributed by atoms with E-state index >= 15 is 0 Å². The van der Waals surface area contributed by atoms with Gasteiger partial charge in [-0.1, -0.05) is 0 Å². The highest BCUT2D eigenvalue weighted by molar-refractivity contribution is 7.17. The average Bonchev–Trinajstić information content (AvgIpc) is 3.43. The Morgan fingerprint density at radius 2 is 2.22 bits per heavy atom. The smallest absolute Gasteiger partial charge is 0.254 e. The highest BCUT2D eigenvalue weighted by Crippen LogP contribution is 2.39. The van der Waals surface area contributed by atoms with Gasteiger partial charge in [-0.15, -0.1) is 11.3 Å². The Hall–Kier alpha value is -2.38. The van der Waals surface area contributed by atoms with Gasteiger partial charge in [0, 0.05) is 24.1 Å². The molecule has 3 heterocycles. The van der Waals surface area contributed by atoms with Gasteiger partial charge in [0.25, 0.3) is 5.91 Å². The molecule has 0 radical (unpaired) electrons. The van der Waals surface area contributed by atoms with Gasteiger partial charge in [-0.05, 0) is 55.9 Å². The summed E-state index contributed by atoms with van der Waals surface area (Å²) >= 11 is 1.51. The fourth-order valence-corrected chi connectivity index (χ4v) is 4.82. The second-order valence-corrected chi connectivity index (χ2v) is 7.85. The van der Waals surface area contributed by atoms with Crippen molar-refractivity contribution < 1.29 is 18.7 Å². The molecule has 2 aliphatic rings. The van der Waals surface area contributed by atoms with Gasteiger partial charge in [-0.25, -0.2) is 0 Å². The fourth-order valence-electron chi connectivity index (χ4n) is 3.53. The Kier molecular flexibility index (Phi) is 5.40. The summed E-state index contributed by atoms with van der Waals surface area (Å²) in [6, 6.07) is 3.53. The number of carbonyl (C=O) groups is 2. The Morgan fingerprint density at radius 3 is 3.00 bits per heavy atom. The lowest BCUT2D eigenvalue weighted by Crippen LogP contribution is -2.32. The molecule has 27 heavy (non-hydrogen) atoms. The summed E-state index contributed by atoms with van der Waals surface area (Å²) in [6.07, 6.45) is 9.58. The van der Waals surface area contributed by atoms with Crippen LogP contribution in [0.15, 0.2) is 28.9 Å². The van der Waals surface area contributed by atoms with Crippen LogP contribution in [0.5, 0.6) is 0 Å². The Bertz CT molecular complexity index is 848. The van der Waals surface area contributed by atoms with Crippen LogP contribution in [0.1, 0.15) is 45.8 Å². The third kappa shape index (κ3) is 4.14. The van der Waals surface area contributed by atoms with Crippen LogP contribution >= 0.6 is 11.3 Å². The maximum Gasteiger partial charge on any atom is 0.254 e. The molecular formula is C20H22N2O4S. The third-order valence-corrected chi connectivity index (χ3v) is 6.05. The van der Waals surface area contributed by atoms with Crippen LogP contribution in [0, 0.1) is 0 Å². The van der Waals surface area contributed by atoms with E-state index in [1.807, 2.05) is 0 Å². The molecule has 1 atom stereocenters. The molecule has 2 aromatic heterocycles. The van der Waals surface area contributed by atoms with Gasteiger partial charge in [0.1, 0.15) is 10.8 Å². The summed E-state index contributed by atoms with van der Waals surface area (Å²) in [5, 5.41) is 6.48. The van der Waals surface area contributed by atoms with Gasteiger partial charge >= 0.3 is 0 Å². The summed E-state index contributed by atoms with van der Waals surface area (Å²) < 4.78 is 10.8. The second-order valence-electron chi connectivity index (χ2n) is 6.74. The van der Waals surface area contributed by atoms with Crippen molar-refractivity contribution in [1.29, 1.82) is 0 Å². The van der Waals surface area contributed by atoms with Crippen LogP contribution in [0.25, 0.3) is 6.08 Å². The van der Waals surface area contributed by atoms with Crippen LogP contribution in [-0.2, 0) is 22.4 Å². The van der Waals surface area contributed by atoms with Crippen LogP contribution in [-0.4, -0.2) is 31.1 Å². The van der Waals surface area contributed by atoms with Gasteiger partial charge < -0.3 is 19.8 Å². The van der Waals surface area contributed by atoms with E-state index in [0.29, 0.717) is 22.9 Å². The zero-order valence-electron chi connectivity index (χ0n) is 15.0. The van der Waals surface area contributed by atoms with Crippen LogP contribution in [0.2, 0.25) is 0 Å². The lowest BCUT2D eigenvalue weighted by Gasteiger charge is -2.12. The molecular weight excluding hydrogens is 364 g/mol. The molecule has 0 spiro atoms. The minimum atomic E-state index is -0.278. The average molecular weight is 386 g/mol. The summed E-state index contributed by atoms with van der Waals surface area (Å²) in [5.41, 5.74) is 1.69. The van der Waals surface area contributed by atoms with Crippen molar-refractivity contribution in [2.45, 2.75) is 38.2 Å². The molecule has 142 valence electrons. The number of hydrogen-bond donors (Lipinski definition) is 2. The van der Waals surface area contributed by atoms with Crippen molar-refractivity contribution >= 4 is 34.2 Å². The zero-order valence-corrected chi connectivity index (χ0v) is 15.8. The zero-order chi connectivity index (χ0) is 18.6. The normalized spacial score (nSPS) is 18.7. The predicted molar refractivity (Wildman–Crippen MR) is 104 cm³/mol. The van der Waals surface area contributed by atoms with E-state index in [2.05, 4.69) is 10.6 Å². The molecule has 1 fully saturated rings.